The Morgan fingerprint density at radius 2 is 1.53 bits per heavy atom. The van der Waals surface area contributed by atoms with Gasteiger partial charge in [-0.15, -0.1) is 5.46 Å². The van der Waals surface area contributed by atoms with E-state index in [0.717, 1.165) is 12.1 Å². The average molecular weight is 242 g/mol. The molecule has 1 aromatic carbocycles. The van der Waals surface area contributed by atoms with Gasteiger partial charge in [0.15, 0.2) is 0 Å². The maximum atomic E-state index is 12.2. The summed E-state index contributed by atoms with van der Waals surface area (Å²) in [5.41, 5.74) is -0.596. The van der Waals surface area contributed by atoms with Crippen molar-refractivity contribution in [3.8, 4) is 5.75 Å². The summed E-state index contributed by atoms with van der Waals surface area (Å²) in [6.45, 7) is -1.26. The van der Waals surface area contributed by atoms with Crippen LogP contribution < -0.4 is 61.6 Å². The fourth-order valence-electron chi connectivity index (χ4n) is 1.04. The normalized spacial score (nSPS) is 11.1. The minimum Gasteiger partial charge on any atom is -0.491 e. The van der Waals surface area contributed by atoms with Crippen LogP contribution in [-0.2, 0) is 0 Å². The molecule has 0 bridgehead atoms. The molecular formula is C9H11BF3KO. The summed E-state index contributed by atoms with van der Waals surface area (Å²) in [4.78, 5) is 0. The molecule has 0 aliphatic carbocycles. The molecule has 1 aromatic rings. The molecule has 6 heteroatoms. The van der Waals surface area contributed by atoms with Gasteiger partial charge in [-0.05, 0) is 26.0 Å². The standard InChI is InChI=1S/C9H11BF3O.K/c1-7(2)14-9-5-3-8(4-6-9)10(11,12)13;/h3-7H,1-2H3;/q-1;+1. The first kappa shape index (κ1) is 15.5. The van der Waals surface area contributed by atoms with Crippen LogP contribution >= 0.6 is 0 Å². The zero-order valence-corrected chi connectivity index (χ0v) is 12.1. The van der Waals surface area contributed by atoms with Crippen molar-refractivity contribution in [2.75, 3.05) is 0 Å². The maximum absolute atomic E-state index is 12.2. The van der Waals surface area contributed by atoms with Crippen LogP contribution in [0.2, 0.25) is 0 Å². The molecule has 0 radical (unpaired) electrons. The molecule has 0 saturated heterocycles. The maximum Gasteiger partial charge on any atom is 1.00 e. The van der Waals surface area contributed by atoms with Gasteiger partial charge in [-0.3, -0.25) is 0 Å². The number of hydrogen-bond donors (Lipinski definition) is 0. The van der Waals surface area contributed by atoms with Crippen LogP contribution in [0.25, 0.3) is 0 Å². The van der Waals surface area contributed by atoms with Crippen LogP contribution in [-0.4, -0.2) is 13.1 Å². The second-order valence-electron chi connectivity index (χ2n) is 3.31. The fraction of sp³-hybridized carbons (Fsp3) is 0.333. The Bertz CT molecular complexity index is 297. The number of halogens is 3. The Morgan fingerprint density at radius 3 is 1.87 bits per heavy atom. The summed E-state index contributed by atoms with van der Waals surface area (Å²) >= 11 is 0. The molecule has 0 N–H and O–H groups in total. The van der Waals surface area contributed by atoms with E-state index in [0.29, 0.717) is 5.75 Å². The Balaban J connectivity index is 0.00000196. The monoisotopic (exact) mass is 242 g/mol. The minimum absolute atomic E-state index is 0. The van der Waals surface area contributed by atoms with Gasteiger partial charge in [0.2, 0.25) is 0 Å². The molecule has 0 unspecified atom stereocenters. The Kier molecular flexibility index (Phi) is 6.51. The van der Waals surface area contributed by atoms with Gasteiger partial charge < -0.3 is 17.7 Å². The predicted molar refractivity (Wildman–Crippen MR) is 50.9 cm³/mol. The first-order valence-electron chi connectivity index (χ1n) is 4.36. The zero-order valence-electron chi connectivity index (χ0n) is 9.01. The molecule has 0 fully saturated rings. The Morgan fingerprint density at radius 1 is 1.07 bits per heavy atom. The second kappa shape index (κ2) is 6.30. The first-order chi connectivity index (χ1) is 6.39. The van der Waals surface area contributed by atoms with E-state index < -0.39 is 12.4 Å². The molecule has 0 spiro atoms. The molecule has 0 saturated carbocycles. The fourth-order valence-corrected chi connectivity index (χ4v) is 1.04. The van der Waals surface area contributed by atoms with Gasteiger partial charge in [0.1, 0.15) is 5.75 Å². The van der Waals surface area contributed by atoms with Crippen molar-refractivity contribution >= 4 is 12.4 Å². The summed E-state index contributed by atoms with van der Waals surface area (Å²) in [5.74, 6) is 0.462. The van der Waals surface area contributed by atoms with Gasteiger partial charge >= 0.3 is 58.4 Å². The minimum atomic E-state index is -4.90. The molecule has 0 atom stereocenters. The molecule has 0 aliphatic heterocycles. The first-order valence-corrected chi connectivity index (χ1v) is 4.36. The zero-order chi connectivity index (χ0) is 10.8. The van der Waals surface area contributed by atoms with E-state index in [4.69, 9.17) is 4.74 Å². The number of hydrogen-bond acceptors (Lipinski definition) is 1. The van der Waals surface area contributed by atoms with Crippen LogP contribution in [0.5, 0.6) is 5.75 Å². The molecule has 0 heterocycles. The quantitative estimate of drug-likeness (QED) is 0.651. The van der Waals surface area contributed by atoms with Crippen LogP contribution in [0.15, 0.2) is 24.3 Å². The van der Waals surface area contributed by atoms with Gasteiger partial charge in [0.25, 0.3) is 0 Å². The van der Waals surface area contributed by atoms with Gasteiger partial charge in [0.05, 0.1) is 6.10 Å². The number of rotatable bonds is 3. The predicted octanol–water partition coefficient (Wildman–Crippen LogP) is -0.468. The average Bonchev–Trinajstić information content (AvgIpc) is 2.02. The van der Waals surface area contributed by atoms with E-state index in [1.54, 1.807) is 0 Å². The number of ether oxygens (including phenoxy) is 1. The largest absolute Gasteiger partial charge is 1.00 e. The summed E-state index contributed by atoms with van der Waals surface area (Å²) < 4.78 is 41.8. The van der Waals surface area contributed by atoms with E-state index in [1.165, 1.54) is 12.1 Å². The molecule has 0 amide bonds. The van der Waals surface area contributed by atoms with Gasteiger partial charge in [-0.2, -0.15) is 0 Å². The van der Waals surface area contributed by atoms with E-state index in [1.807, 2.05) is 13.8 Å². The third-order valence-electron chi connectivity index (χ3n) is 1.63. The topological polar surface area (TPSA) is 9.23 Å². The molecule has 1 rings (SSSR count). The number of benzene rings is 1. The van der Waals surface area contributed by atoms with E-state index in [2.05, 4.69) is 0 Å². The SMILES string of the molecule is CC(C)Oc1ccc([B-](F)(F)F)cc1.[K+]. The Labute approximate surface area is 130 Å². The van der Waals surface area contributed by atoms with Crippen molar-refractivity contribution in [1.82, 2.24) is 0 Å². The van der Waals surface area contributed by atoms with E-state index in [-0.39, 0.29) is 57.5 Å². The molecule has 15 heavy (non-hydrogen) atoms. The van der Waals surface area contributed by atoms with Gasteiger partial charge in [-0.25, -0.2) is 0 Å². The van der Waals surface area contributed by atoms with Crippen molar-refractivity contribution in [1.29, 1.82) is 0 Å². The third-order valence-corrected chi connectivity index (χ3v) is 1.63. The molecule has 0 aromatic heterocycles. The van der Waals surface area contributed by atoms with Crippen molar-refractivity contribution in [2.45, 2.75) is 20.0 Å². The van der Waals surface area contributed by atoms with E-state index >= 15 is 0 Å². The van der Waals surface area contributed by atoms with E-state index in [9.17, 15) is 12.9 Å². The van der Waals surface area contributed by atoms with Crippen molar-refractivity contribution in [3.63, 3.8) is 0 Å². The van der Waals surface area contributed by atoms with Crippen molar-refractivity contribution in [2.24, 2.45) is 0 Å². The second-order valence-corrected chi connectivity index (χ2v) is 3.31. The van der Waals surface area contributed by atoms with Crippen LogP contribution in [0.3, 0.4) is 0 Å². The molecule has 0 aliphatic rings. The molecular weight excluding hydrogens is 231 g/mol. The van der Waals surface area contributed by atoms with Gasteiger partial charge in [-0.1, -0.05) is 12.1 Å². The summed E-state index contributed by atoms with van der Waals surface area (Å²) in [5, 5.41) is 0. The van der Waals surface area contributed by atoms with Gasteiger partial charge in [0, 0.05) is 0 Å². The summed E-state index contributed by atoms with van der Waals surface area (Å²) in [6, 6.07) is 4.75. The molecule has 78 valence electrons. The Hall–Kier alpha value is 0.511. The third kappa shape index (κ3) is 5.40. The smallest absolute Gasteiger partial charge is 0.491 e. The van der Waals surface area contributed by atoms with Crippen LogP contribution in [0, 0.1) is 0 Å². The van der Waals surface area contributed by atoms with Crippen LogP contribution in [0.4, 0.5) is 12.9 Å². The van der Waals surface area contributed by atoms with Crippen molar-refractivity contribution in [3.05, 3.63) is 24.3 Å². The van der Waals surface area contributed by atoms with Crippen LogP contribution in [0.1, 0.15) is 13.8 Å². The summed E-state index contributed by atoms with van der Waals surface area (Å²) in [7, 11) is 0. The summed E-state index contributed by atoms with van der Waals surface area (Å²) in [6.07, 6.45) is -0.0303. The van der Waals surface area contributed by atoms with Crippen molar-refractivity contribution < 1.29 is 69.1 Å². The molecule has 1 nitrogen and oxygen atoms in total.